The third kappa shape index (κ3) is 3.41. The molecule has 0 amide bonds. The number of imidazole rings is 1. The second kappa shape index (κ2) is 6.41. The maximum Gasteiger partial charge on any atom is 0.201 e. The normalized spacial score (nSPS) is 11.7. The minimum Gasteiger partial charge on any atom is -0.380 e. The van der Waals surface area contributed by atoms with Crippen LogP contribution in [0.15, 0.2) is 12.1 Å². The topological polar surface area (TPSA) is 53.1 Å². The highest BCUT2D eigenvalue weighted by atomic mass is 35.5. The first-order chi connectivity index (χ1) is 9.49. The molecule has 0 saturated carbocycles. The van der Waals surface area contributed by atoms with Crippen molar-refractivity contribution in [3.63, 3.8) is 0 Å². The molecule has 0 atom stereocenters. The first kappa shape index (κ1) is 15.1. The van der Waals surface area contributed by atoms with Gasteiger partial charge in [-0.3, -0.25) is 0 Å². The lowest BCUT2D eigenvalue weighted by Crippen LogP contribution is -2.10. The standard InChI is InChI=1S/C14H19ClFN3O/c1-9(2)3-5-20-6-4-19-13-7-10(15)11(16)8-12(13)18-14(19)17/h7-9H,3-6H2,1-2H3,(H2,17,18). The third-order valence-corrected chi connectivity index (χ3v) is 3.41. The Bertz CT molecular complexity index is 598. The second-order valence-corrected chi connectivity index (χ2v) is 5.58. The minimum absolute atomic E-state index is 0.0689. The van der Waals surface area contributed by atoms with E-state index < -0.39 is 5.82 Å². The van der Waals surface area contributed by atoms with Gasteiger partial charge < -0.3 is 15.0 Å². The van der Waals surface area contributed by atoms with Crippen LogP contribution in [-0.4, -0.2) is 22.8 Å². The maximum atomic E-state index is 13.4. The zero-order valence-electron chi connectivity index (χ0n) is 11.7. The Kier molecular flexibility index (Phi) is 4.83. The Balaban J connectivity index is 2.06. The van der Waals surface area contributed by atoms with Crippen LogP contribution in [0.3, 0.4) is 0 Å². The fourth-order valence-corrected chi connectivity index (χ4v) is 2.11. The Hall–Kier alpha value is -1.33. The molecule has 4 nitrogen and oxygen atoms in total. The number of nitrogens with two attached hydrogens (primary N) is 1. The van der Waals surface area contributed by atoms with Gasteiger partial charge in [0.2, 0.25) is 5.95 Å². The van der Waals surface area contributed by atoms with E-state index in [4.69, 9.17) is 22.1 Å². The van der Waals surface area contributed by atoms with E-state index in [1.807, 2.05) is 0 Å². The molecule has 0 bridgehead atoms. The van der Waals surface area contributed by atoms with Crippen molar-refractivity contribution in [2.75, 3.05) is 18.9 Å². The molecule has 0 aliphatic heterocycles. The van der Waals surface area contributed by atoms with E-state index in [9.17, 15) is 4.39 Å². The van der Waals surface area contributed by atoms with Crippen molar-refractivity contribution < 1.29 is 9.13 Å². The Morgan fingerprint density at radius 2 is 2.15 bits per heavy atom. The van der Waals surface area contributed by atoms with Crippen LogP contribution >= 0.6 is 11.6 Å². The summed E-state index contributed by atoms with van der Waals surface area (Å²) >= 11 is 5.80. The zero-order chi connectivity index (χ0) is 14.7. The molecule has 2 rings (SSSR count). The maximum absolute atomic E-state index is 13.4. The lowest BCUT2D eigenvalue weighted by atomic mass is 10.1. The fourth-order valence-electron chi connectivity index (χ4n) is 1.95. The van der Waals surface area contributed by atoms with Gasteiger partial charge in [-0.15, -0.1) is 0 Å². The van der Waals surface area contributed by atoms with Crippen molar-refractivity contribution in [3.8, 4) is 0 Å². The first-order valence-corrected chi connectivity index (χ1v) is 7.05. The van der Waals surface area contributed by atoms with Crippen molar-refractivity contribution in [2.45, 2.75) is 26.8 Å². The van der Waals surface area contributed by atoms with Gasteiger partial charge in [-0.2, -0.15) is 0 Å². The third-order valence-electron chi connectivity index (χ3n) is 3.12. The monoisotopic (exact) mass is 299 g/mol. The van der Waals surface area contributed by atoms with Gasteiger partial charge in [0.15, 0.2) is 0 Å². The van der Waals surface area contributed by atoms with Crippen molar-refractivity contribution in [1.82, 2.24) is 9.55 Å². The molecule has 0 saturated heterocycles. The first-order valence-electron chi connectivity index (χ1n) is 6.67. The average molecular weight is 300 g/mol. The Morgan fingerprint density at radius 1 is 1.40 bits per heavy atom. The molecular weight excluding hydrogens is 281 g/mol. The van der Waals surface area contributed by atoms with Gasteiger partial charge in [0.05, 0.1) is 22.7 Å². The molecule has 0 aliphatic rings. The Labute approximate surface area is 122 Å². The van der Waals surface area contributed by atoms with Gasteiger partial charge >= 0.3 is 0 Å². The summed E-state index contributed by atoms with van der Waals surface area (Å²) in [5, 5.41) is 0.0689. The summed E-state index contributed by atoms with van der Waals surface area (Å²) in [5.74, 6) is 0.474. The smallest absolute Gasteiger partial charge is 0.201 e. The molecule has 1 heterocycles. The molecule has 0 radical (unpaired) electrons. The summed E-state index contributed by atoms with van der Waals surface area (Å²) in [5.41, 5.74) is 7.08. The van der Waals surface area contributed by atoms with Gasteiger partial charge in [0, 0.05) is 19.2 Å². The summed E-state index contributed by atoms with van der Waals surface area (Å²) in [7, 11) is 0. The zero-order valence-corrected chi connectivity index (χ0v) is 12.5. The van der Waals surface area contributed by atoms with Gasteiger partial charge in [-0.25, -0.2) is 9.37 Å². The number of benzene rings is 1. The molecule has 1 aromatic heterocycles. The minimum atomic E-state index is -0.489. The molecule has 110 valence electrons. The second-order valence-electron chi connectivity index (χ2n) is 5.17. The number of hydrogen-bond donors (Lipinski definition) is 1. The fraction of sp³-hybridized carbons (Fsp3) is 0.500. The quantitative estimate of drug-likeness (QED) is 0.831. The largest absolute Gasteiger partial charge is 0.380 e. The van der Waals surface area contributed by atoms with Crippen LogP contribution in [0.25, 0.3) is 11.0 Å². The lowest BCUT2D eigenvalue weighted by molar-refractivity contribution is 0.117. The number of nitrogen functional groups attached to an aromatic ring is 1. The number of anilines is 1. The van der Waals surface area contributed by atoms with Crippen LogP contribution in [0.1, 0.15) is 20.3 Å². The predicted molar refractivity (Wildman–Crippen MR) is 79.4 cm³/mol. The highest BCUT2D eigenvalue weighted by Crippen LogP contribution is 2.24. The molecule has 1 aromatic carbocycles. The van der Waals surface area contributed by atoms with Crippen LogP contribution in [0.4, 0.5) is 10.3 Å². The molecule has 0 unspecified atom stereocenters. The summed E-state index contributed by atoms with van der Waals surface area (Å²) in [6, 6.07) is 2.84. The van der Waals surface area contributed by atoms with E-state index in [1.54, 1.807) is 10.6 Å². The molecule has 6 heteroatoms. The molecular formula is C14H19ClFN3O. The van der Waals surface area contributed by atoms with Gasteiger partial charge in [0.25, 0.3) is 0 Å². The number of nitrogens with zero attached hydrogens (tertiary/aromatic N) is 2. The molecule has 0 aliphatic carbocycles. The van der Waals surface area contributed by atoms with E-state index >= 15 is 0 Å². The summed E-state index contributed by atoms with van der Waals surface area (Å²) < 4.78 is 20.7. The van der Waals surface area contributed by atoms with Gasteiger partial charge in [-0.05, 0) is 18.4 Å². The molecule has 20 heavy (non-hydrogen) atoms. The van der Waals surface area contributed by atoms with E-state index in [2.05, 4.69) is 18.8 Å². The summed E-state index contributed by atoms with van der Waals surface area (Å²) in [4.78, 5) is 4.13. The van der Waals surface area contributed by atoms with Crippen LogP contribution < -0.4 is 5.73 Å². The molecule has 0 spiro atoms. The van der Waals surface area contributed by atoms with Crippen LogP contribution in [0, 0.1) is 11.7 Å². The number of hydrogen-bond acceptors (Lipinski definition) is 3. The van der Waals surface area contributed by atoms with E-state index in [0.29, 0.717) is 30.5 Å². The molecule has 2 N–H and O–H groups in total. The summed E-state index contributed by atoms with van der Waals surface area (Å²) in [6.07, 6.45) is 1.02. The highest BCUT2D eigenvalue weighted by Gasteiger charge is 2.11. The van der Waals surface area contributed by atoms with Crippen molar-refractivity contribution in [3.05, 3.63) is 23.0 Å². The van der Waals surface area contributed by atoms with Gasteiger partial charge in [0.1, 0.15) is 5.82 Å². The highest BCUT2D eigenvalue weighted by molar-refractivity contribution is 6.31. The lowest BCUT2D eigenvalue weighted by Gasteiger charge is -2.09. The number of fused-ring (bicyclic) bond motifs is 1. The molecule has 2 aromatic rings. The molecule has 0 fully saturated rings. The van der Waals surface area contributed by atoms with Crippen molar-refractivity contribution in [1.29, 1.82) is 0 Å². The number of rotatable bonds is 6. The van der Waals surface area contributed by atoms with Crippen LogP contribution in [0.5, 0.6) is 0 Å². The average Bonchev–Trinajstić information content (AvgIpc) is 2.65. The van der Waals surface area contributed by atoms with Crippen LogP contribution in [-0.2, 0) is 11.3 Å². The van der Waals surface area contributed by atoms with E-state index in [-0.39, 0.29) is 5.02 Å². The van der Waals surface area contributed by atoms with Crippen LogP contribution in [0.2, 0.25) is 5.02 Å². The number of ether oxygens (including phenoxy) is 1. The van der Waals surface area contributed by atoms with E-state index in [1.165, 1.54) is 6.07 Å². The van der Waals surface area contributed by atoms with E-state index in [0.717, 1.165) is 18.5 Å². The van der Waals surface area contributed by atoms with Gasteiger partial charge in [-0.1, -0.05) is 25.4 Å². The predicted octanol–water partition coefficient (Wildman–Crippen LogP) is 3.47. The van der Waals surface area contributed by atoms with Crippen molar-refractivity contribution in [2.24, 2.45) is 5.92 Å². The number of halogens is 2. The summed E-state index contributed by atoms with van der Waals surface area (Å²) in [6.45, 7) is 6.14. The Morgan fingerprint density at radius 3 is 2.85 bits per heavy atom. The number of aromatic nitrogens is 2. The SMILES string of the molecule is CC(C)CCOCCn1c(N)nc2cc(F)c(Cl)cc21. The van der Waals surface area contributed by atoms with Crippen molar-refractivity contribution >= 4 is 28.6 Å².